The predicted octanol–water partition coefficient (Wildman–Crippen LogP) is 5.33. The molecule has 0 amide bonds. The van der Waals surface area contributed by atoms with Gasteiger partial charge in [0.05, 0.1) is 11.8 Å². The standard InChI is InChI=1S/C23H23F4N3O2/c1-14(2)19-12-28-21(18-10-17(4-5-20(18)24)32-23(25,26)27)11-22(19)29-16-6-8-30(9-7-16)13-15(3)31/h4-8,10-12,15,31H,1,9,13H2,2-3H3,(H,28,29)/t15-/m0/s1. The molecule has 1 aliphatic heterocycles. The highest BCUT2D eigenvalue weighted by Crippen LogP contribution is 2.33. The van der Waals surface area contributed by atoms with Gasteiger partial charge in [-0.2, -0.15) is 0 Å². The number of aliphatic hydroxyl groups excluding tert-OH is 1. The minimum atomic E-state index is -4.89. The summed E-state index contributed by atoms with van der Waals surface area (Å²) in [7, 11) is 0. The van der Waals surface area contributed by atoms with Crippen molar-refractivity contribution in [3.8, 4) is 17.0 Å². The van der Waals surface area contributed by atoms with Crippen molar-refractivity contribution >= 4 is 11.3 Å². The first-order valence-electron chi connectivity index (χ1n) is 9.81. The van der Waals surface area contributed by atoms with E-state index in [4.69, 9.17) is 0 Å². The fourth-order valence-electron chi connectivity index (χ4n) is 3.20. The minimum Gasteiger partial charge on any atom is -0.406 e. The van der Waals surface area contributed by atoms with Gasteiger partial charge >= 0.3 is 6.36 Å². The summed E-state index contributed by atoms with van der Waals surface area (Å²) in [5.74, 6) is -1.27. The summed E-state index contributed by atoms with van der Waals surface area (Å²) in [6.45, 7) is 8.49. The van der Waals surface area contributed by atoms with Crippen LogP contribution in [0.2, 0.25) is 0 Å². The van der Waals surface area contributed by atoms with Crippen molar-refractivity contribution in [1.29, 1.82) is 0 Å². The Morgan fingerprint density at radius 1 is 1.34 bits per heavy atom. The summed E-state index contributed by atoms with van der Waals surface area (Å²) in [4.78, 5) is 6.16. The topological polar surface area (TPSA) is 57.6 Å². The third-order valence-corrected chi connectivity index (χ3v) is 4.60. The number of aromatic nitrogens is 1. The second kappa shape index (κ2) is 9.44. The number of nitrogens with one attached hydrogen (secondary N) is 1. The minimum absolute atomic E-state index is 0.126. The molecule has 0 radical (unpaired) electrons. The van der Waals surface area contributed by atoms with Crippen molar-refractivity contribution in [2.24, 2.45) is 0 Å². The fraction of sp³-hybridized carbons (Fsp3) is 0.261. The second-order valence-electron chi connectivity index (χ2n) is 7.49. The van der Waals surface area contributed by atoms with E-state index < -0.39 is 24.0 Å². The van der Waals surface area contributed by atoms with Gasteiger partial charge in [0.25, 0.3) is 0 Å². The van der Waals surface area contributed by atoms with Crippen LogP contribution in [0.25, 0.3) is 16.8 Å². The van der Waals surface area contributed by atoms with Gasteiger partial charge in [0.2, 0.25) is 0 Å². The van der Waals surface area contributed by atoms with Gasteiger partial charge in [0, 0.05) is 48.0 Å². The smallest absolute Gasteiger partial charge is 0.406 e. The summed E-state index contributed by atoms with van der Waals surface area (Å²) in [5.41, 5.74) is 2.73. The Morgan fingerprint density at radius 2 is 2.09 bits per heavy atom. The molecule has 2 heterocycles. The van der Waals surface area contributed by atoms with Crippen molar-refractivity contribution in [2.45, 2.75) is 26.3 Å². The first-order chi connectivity index (χ1) is 15.0. The van der Waals surface area contributed by atoms with E-state index in [0.29, 0.717) is 29.9 Å². The van der Waals surface area contributed by atoms with Crippen LogP contribution in [-0.2, 0) is 0 Å². The molecule has 1 atom stereocenters. The van der Waals surface area contributed by atoms with Gasteiger partial charge < -0.3 is 20.1 Å². The molecular formula is C23H23F4N3O2. The van der Waals surface area contributed by atoms with E-state index in [1.807, 2.05) is 23.3 Å². The second-order valence-corrected chi connectivity index (χ2v) is 7.49. The van der Waals surface area contributed by atoms with Crippen molar-refractivity contribution in [2.75, 3.05) is 18.4 Å². The number of rotatable bonds is 7. The molecule has 1 aromatic heterocycles. The molecule has 0 saturated carbocycles. The summed E-state index contributed by atoms with van der Waals surface area (Å²) in [6, 6.07) is 4.32. The Balaban J connectivity index is 1.91. The summed E-state index contributed by atoms with van der Waals surface area (Å²) >= 11 is 0. The highest BCUT2D eigenvalue weighted by atomic mass is 19.4. The number of ether oxygens (including phenoxy) is 1. The lowest BCUT2D eigenvalue weighted by atomic mass is 10.0. The van der Waals surface area contributed by atoms with Crippen LogP contribution in [0.1, 0.15) is 19.4 Å². The quantitative estimate of drug-likeness (QED) is 0.560. The zero-order valence-corrected chi connectivity index (χ0v) is 17.6. The number of hydrogen-bond acceptors (Lipinski definition) is 5. The average molecular weight is 449 g/mol. The van der Waals surface area contributed by atoms with Gasteiger partial charge in [-0.3, -0.25) is 4.98 Å². The molecule has 32 heavy (non-hydrogen) atoms. The molecule has 0 aliphatic carbocycles. The van der Waals surface area contributed by atoms with Crippen LogP contribution in [0.5, 0.6) is 5.75 Å². The van der Waals surface area contributed by atoms with Crippen molar-refractivity contribution in [3.63, 3.8) is 0 Å². The number of alkyl halides is 3. The number of benzene rings is 1. The number of pyridine rings is 1. The molecule has 1 aliphatic rings. The molecule has 0 spiro atoms. The van der Waals surface area contributed by atoms with E-state index in [1.165, 1.54) is 6.20 Å². The van der Waals surface area contributed by atoms with E-state index in [1.54, 1.807) is 19.9 Å². The van der Waals surface area contributed by atoms with Gasteiger partial charge in [0.15, 0.2) is 0 Å². The Hall–Kier alpha value is -3.33. The maximum atomic E-state index is 14.4. The summed E-state index contributed by atoms with van der Waals surface area (Å²) in [6.07, 6.45) is 1.72. The van der Waals surface area contributed by atoms with Gasteiger partial charge in [-0.1, -0.05) is 6.58 Å². The number of β-amino-alcohol motifs (C(OH)–C–C–N with tert-alkyl or cyclic N) is 1. The first-order valence-corrected chi connectivity index (χ1v) is 9.81. The van der Waals surface area contributed by atoms with Gasteiger partial charge in [-0.25, -0.2) is 4.39 Å². The maximum Gasteiger partial charge on any atom is 0.573 e. The largest absolute Gasteiger partial charge is 0.573 e. The van der Waals surface area contributed by atoms with Crippen LogP contribution >= 0.6 is 0 Å². The third kappa shape index (κ3) is 6.10. The Morgan fingerprint density at radius 3 is 2.69 bits per heavy atom. The molecule has 0 saturated heterocycles. The van der Waals surface area contributed by atoms with Crippen LogP contribution in [0.3, 0.4) is 0 Å². The van der Waals surface area contributed by atoms with Crippen LogP contribution < -0.4 is 10.1 Å². The van der Waals surface area contributed by atoms with Gasteiger partial charge in [-0.05, 0) is 55.8 Å². The predicted molar refractivity (Wildman–Crippen MR) is 115 cm³/mol. The van der Waals surface area contributed by atoms with Crippen LogP contribution in [-0.4, -0.2) is 40.5 Å². The molecule has 170 valence electrons. The van der Waals surface area contributed by atoms with Crippen molar-refractivity contribution in [3.05, 3.63) is 72.5 Å². The Kier molecular flexibility index (Phi) is 6.88. The summed E-state index contributed by atoms with van der Waals surface area (Å²) < 4.78 is 56.0. The summed E-state index contributed by atoms with van der Waals surface area (Å²) in [5, 5.41) is 12.8. The lowest BCUT2D eigenvalue weighted by Gasteiger charge is -2.24. The van der Waals surface area contributed by atoms with E-state index in [9.17, 15) is 22.7 Å². The monoisotopic (exact) mass is 449 g/mol. The number of nitrogens with zero attached hydrogens (tertiary/aromatic N) is 2. The maximum absolute atomic E-state index is 14.4. The fourth-order valence-corrected chi connectivity index (χ4v) is 3.20. The van der Waals surface area contributed by atoms with Crippen LogP contribution in [0, 0.1) is 5.82 Å². The van der Waals surface area contributed by atoms with E-state index >= 15 is 0 Å². The van der Waals surface area contributed by atoms with E-state index in [2.05, 4.69) is 21.6 Å². The van der Waals surface area contributed by atoms with Crippen LogP contribution in [0.15, 0.2) is 61.1 Å². The number of hydrogen-bond donors (Lipinski definition) is 2. The van der Waals surface area contributed by atoms with Crippen molar-refractivity contribution in [1.82, 2.24) is 9.88 Å². The molecule has 0 fully saturated rings. The SMILES string of the molecule is C=C(C)c1cnc(-c2cc(OC(F)(F)F)ccc2F)cc1NC1=CCN(C[C@H](C)O)C=C1. The number of anilines is 1. The normalized spacial score (nSPS) is 14.7. The molecule has 3 rings (SSSR count). The van der Waals surface area contributed by atoms with Crippen molar-refractivity contribution < 1.29 is 27.4 Å². The van der Waals surface area contributed by atoms with Crippen LogP contribution in [0.4, 0.5) is 23.2 Å². The highest BCUT2D eigenvalue weighted by molar-refractivity contribution is 5.78. The van der Waals surface area contributed by atoms with E-state index in [-0.39, 0.29) is 11.3 Å². The van der Waals surface area contributed by atoms with Gasteiger partial charge in [-0.15, -0.1) is 13.2 Å². The zero-order chi connectivity index (χ0) is 23.5. The average Bonchev–Trinajstić information content (AvgIpc) is 2.69. The molecule has 2 N–H and O–H groups in total. The van der Waals surface area contributed by atoms with Gasteiger partial charge in [0.1, 0.15) is 11.6 Å². The lowest BCUT2D eigenvalue weighted by Crippen LogP contribution is -2.28. The Labute approximate surface area is 183 Å². The Bertz CT molecular complexity index is 1060. The molecule has 0 unspecified atom stereocenters. The molecule has 5 nitrogen and oxygen atoms in total. The molecule has 0 bridgehead atoms. The number of aliphatic hydroxyl groups is 1. The third-order valence-electron chi connectivity index (χ3n) is 4.60. The molecule has 2 aromatic rings. The first kappa shape index (κ1) is 23.3. The highest BCUT2D eigenvalue weighted by Gasteiger charge is 2.31. The number of halogens is 4. The zero-order valence-electron chi connectivity index (χ0n) is 17.6. The molecule has 1 aromatic carbocycles. The molecular weight excluding hydrogens is 426 g/mol. The number of allylic oxidation sites excluding steroid dienone is 2. The lowest BCUT2D eigenvalue weighted by molar-refractivity contribution is -0.274. The van der Waals surface area contributed by atoms with E-state index in [0.717, 1.165) is 23.9 Å². The molecule has 9 heteroatoms.